The molecule has 0 unspecified atom stereocenters. The maximum Gasteiger partial charge on any atom is 0.248 e. The van der Waals surface area contributed by atoms with Crippen LogP contribution in [0.3, 0.4) is 0 Å². The molecule has 0 saturated heterocycles. The number of methoxy groups -OCH3 is 1. The number of hydrogen-bond donors (Lipinski definition) is 1. The highest BCUT2D eigenvalue weighted by molar-refractivity contribution is 5.91. The van der Waals surface area contributed by atoms with Gasteiger partial charge in [-0.15, -0.1) is 0 Å². The topological polar surface area (TPSA) is 61.9 Å². The summed E-state index contributed by atoms with van der Waals surface area (Å²) < 4.78 is 4.98. The van der Waals surface area contributed by atoms with Crippen molar-refractivity contribution in [1.29, 1.82) is 0 Å². The molecule has 1 N–H and O–H groups in total. The van der Waals surface area contributed by atoms with Gasteiger partial charge in [-0.2, -0.15) is 0 Å². The Kier molecular flexibility index (Phi) is 8.26. The fourth-order valence-corrected chi connectivity index (χ4v) is 2.46. The Morgan fingerprint density at radius 1 is 1.21 bits per heavy atom. The Labute approximate surface area is 144 Å². The van der Waals surface area contributed by atoms with Gasteiger partial charge in [-0.05, 0) is 30.2 Å². The SMILES string of the molecule is CCCN(Cc1cc(NC(=O)CC)ccc1N(C)C)C(=O)COC. The van der Waals surface area contributed by atoms with E-state index in [1.54, 1.807) is 4.90 Å². The molecule has 0 aliphatic rings. The lowest BCUT2D eigenvalue weighted by Gasteiger charge is -2.26. The van der Waals surface area contributed by atoms with E-state index in [9.17, 15) is 9.59 Å². The van der Waals surface area contributed by atoms with Crippen molar-refractivity contribution in [2.45, 2.75) is 33.2 Å². The second kappa shape index (κ2) is 9.93. The molecule has 0 bridgehead atoms. The van der Waals surface area contributed by atoms with Crippen molar-refractivity contribution >= 4 is 23.2 Å². The van der Waals surface area contributed by atoms with Gasteiger partial charge in [-0.3, -0.25) is 9.59 Å². The molecule has 1 aromatic rings. The molecule has 0 aliphatic heterocycles. The molecular formula is C18H29N3O3. The zero-order valence-corrected chi connectivity index (χ0v) is 15.4. The molecule has 1 rings (SSSR count). The lowest BCUT2D eigenvalue weighted by atomic mass is 10.1. The second-order valence-corrected chi connectivity index (χ2v) is 5.89. The van der Waals surface area contributed by atoms with Crippen LogP contribution in [0.15, 0.2) is 18.2 Å². The van der Waals surface area contributed by atoms with Crippen LogP contribution in [0.4, 0.5) is 11.4 Å². The number of nitrogens with zero attached hydrogens (tertiary/aromatic N) is 2. The first-order chi connectivity index (χ1) is 11.4. The summed E-state index contributed by atoms with van der Waals surface area (Å²) in [4.78, 5) is 27.7. The Bertz CT molecular complexity index is 558. The Morgan fingerprint density at radius 2 is 1.92 bits per heavy atom. The summed E-state index contributed by atoms with van der Waals surface area (Å²) in [6.45, 7) is 5.08. The van der Waals surface area contributed by atoms with Crippen LogP contribution in [0.1, 0.15) is 32.3 Å². The first-order valence-electron chi connectivity index (χ1n) is 8.29. The second-order valence-electron chi connectivity index (χ2n) is 5.89. The number of carbonyl (C=O) groups is 2. The van der Waals surface area contributed by atoms with Crippen LogP contribution < -0.4 is 10.2 Å². The van der Waals surface area contributed by atoms with Gasteiger partial charge in [0.05, 0.1) is 0 Å². The van der Waals surface area contributed by atoms with E-state index < -0.39 is 0 Å². The molecule has 24 heavy (non-hydrogen) atoms. The van der Waals surface area contributed by atoms with E-state index in [2.05, 4.69) is 5.32 Å². The normalized spacial score (nSPS) is 10.4. The molecule has 6 nitrogen and oxygen atoms in total. The first kappa shape index (κ1) is 20.0. The summed E-state index contributed by atoms with van der Waals surface area (Å²) in [5, 5.41) is 2.87. The maximum atomic E-state index is 12.2. The summed E-state index contributed by atoms with van der Waals surface area (Å²) in [7, 11) is 5.45. The lowest BCUT2D eigenvalue weighted by molar-refractivity contribution is -0.135. The maximum absolute atomic E-state index is 12.2. The highest BCUT2D eigenvalue weighted by atomic mass is 16.5. The summed E-state index contributed by atoms with van der Waals surface area (Å²) >= 11 is 0. The molecule has 1 aromatic carbocycles. The predicted molar refractivity (Wildman–Crippen MR) is 97.3 cm³/mol. The monoisotopic (exact) mass is 335 g/mol. The van der Waals surface area contributed by atoms with E-state index in [4.69, 9.17) is 4.74 Å². The van der Waals surface area contributed by atoms with Gasteiger partial charge in [0.15, 0.2) is 0 Å². The Hall–Kier alpha value is -2.08. The van der Waals surface area contributed by atoms with Crippen molar-refractivity contribution in [3.05, 3.63) is 23.8 Å². The smallest absolute Gasteiger partial charge is 0.248 e. The highest BCUT2D eigenvalue weighted by Gasteiger charge is 2.16. The van der Waals surface area contributed by atoms with Crippen LogP contribution in [-0.2, 0) is 20.9 Å². The number of carbonyl (C=O) groups excluding carboxylic acids is 2. The molecule has 0 heterocycles. The van der Waals surface area contributed by atoms with Crippen LogP contribution >= 0.6 is 0 Å². The van der Waals surface area contributed by atoms with Crippen molar-refractivity contribution in [3.8, 4) is 0 Å². The Morgan fingerprint density at radius 3 is 2.46 bits per heavy atom. The largest absolute Gasteiger partial charge is 0.377 e. The zero-order chi connectivity index (χ0) is 18.1. The number of ether oxygens (including phenoxy) is 1. The molecule has 6 heteroatoms. The summed E-state index contributed by atoms with van der Waals surface area (Å²) in [6, 6.07) is 5.78. The minimum absolute atomic E-state index is 0.0283. The van der Waals surface area contributed by atoms with Crippen LogP contribution in [-0.4, -0.2) is 51.1 Å². The van der Waals surface area contributed by atoms with E-state index in [1.807, 2.05) is 51.0 Å². The van der Waals surface area contributed by atoms with Gasteiger partial charge in [0, 0.05) is 52.1 Å². The van der Waals surface area contributed by atoms with Crippen molar-refractivity contribution in [1.82, 2.24) is 4.90 Å². The molecular weight excluding hydrogens is 306 g/mol. The van der Waals surface area contributed by atoms with Gasteiger partial charge in [0.2, 0.25) is 11.8 Å². The third-order valence-corrected chi connectivity index (χ3v) is 3.64. The minimum atomic E-state index is -0.0351. The van der Waals surface area contributed by atoms with E-state index >= 15 is 0 Å². The van der Waals surface area contributed by atoms with E-state index in [0.717, 1.165) is 23.4 Å². The molecule has 0 atom stereocenters. The van der Waals surface area contributed by atoms with Gasteiger partial charge in [-0.25, -0.2) is 0 Å². The van der Waals surface area contributed by atoms with Gasteiger partial charge in [0.1, 0.15) is 6.61 Å². The third kappa shape index (κ3) is 5.85. The average molecular weight is 335 g/mol. The van der Waals surface area contributed by atoms with Gasteiger partial charge >= 0.3 is 0 Å². The lowest BCUT2D eigenvalue weighted by Crippen LogP contribution is -2.34. The van der Waals surface area contributed by atoms with Crippen LogP contribution in [0.5, 0.6) is 0 Å². The number of benzene rings is 1. The van der Waals surface area contributed by atoms with Gasteiger partial charge in [0.25, 0.3) is 0 Å². The minimum Gasteiger partial charge on any atom is -0.377 e. The van der Waals surface area contributed by atoms with Gasteiger partial charge < -0.3 is 19.9 Å². The average Bonchev–Trinajstić information content (AvgIpc) is 2.54. The molecule has 0 radical (unpaired) electrons. The predicted octanol–water partition coefficient (Wildman–Crippen LogP) is 2.49. The third-order valence-electron chi connectivity index (χ3n) is 3.64. The van der Waals surface area contributed by atoms with Crippen molar-refractivity contribution in [2.75, 3.05) is 44.6 Å². The van der Waals surface area contributed by atoms with E-state index in [0.29, 0.717) is 19.5 Å². The molecule has 0 fully saturated rings. The van der Waals surface area contributed by atoms with Crippen LogP contribution in [0, 0.1) is 0 Å². The van der Waals surface area contributed by atoms with E-state index in [-0.39, 0.29) is 18.4 Å². The van der Waals surface area contributed by atoms with Crippen molar-refractivity contribution < 1.29 is 14.3 Å². The van der Waals surface area contributed by atoms with Crippen LogP contribution in [0.25, 0.3) is 0 Å². The standard InChI is InChI=1S/C18H29N3O3/c1-6-10-21(18(23)13-24-5)12-14-11-15(19-17(22)7-2)8-9-16(14)20(3)4/h8-9,11H,6-7,10,12-13H2,1-5H3,(H,19,22). The first-order valence-corrected chi connectivity index (χ1v) is 8.29. The Balaban J connectivity index is 3.09. The summed E-state index contributed by atoms with van der Waals surface area (Å²) in [5.41, 5.74) is 2.76. The van der Waals surface area contributed by atoms with E-state index in [1.165, 1.54) is 7.11 Å². The fourth-order valence-electron chi connectivity index (χ4n) is 2.46. The molecule has 0 aliphatic carbocycles. The van der Waals surface area contributed by atoms with Gasteiger partial charge in [-0.1, -0.05) is 13.8 Å². The van der Waals surface area contributed by atoms with Crippen LogP contribution in [0.2, 0.25) is 0 Å². The number of hydrogen-bond acceptors (Lipinski definition) is 4. The number of amides is 2. The zero-order valence-electron chi connectivity index (χ0n) is 15.4. The quantitative estimate of drug-likeness (QED) is 0.753. The molecule has 2 amide bonds. The fraction of sp³-hybridized carbons (Fsp3) is 0.556. The molecule has 0 spiro atoms. The summed E-state index contributed by atoms with van der Waals surface area (Å²) in [5.74, 6) is -0.0634. The number of anilines is 2. The number of rotatable bonds is 9. The molecule has 134 valence electrons. The number of nitrogens with one attached hydrogen (secondary N) is 1. The van der Waals surface area contributed by atoms with Crippen molar-refractivity contribution in [2.24, 2.45) is 0 Å². The highest BCUT2D eigenvalue weighted by Crippen LogP contribution is 2.25. The molecule has 0 saturated carbocycles. The van der Waals surface area contributed by atoms with Crippen molar-refractivity contribution in [3.63, 3.8) is 0 Å². The molecule has 0 aromatic heterocycles. The summed E-state index contributed by atoms with van der Waals surface area (Å²) in [6.07, 6.45) is 1.30.